The van der Waals surface area contributed by atoms with Gasteiger partial charge in [-0.3, -0.25) is 13.9 Å². The maximum absolute atomic E-state index is 14.1. The maximum Gasteiger partial charge on any atom is 0.264 e. The molecule has 42 heavy (non-hydrogen) atoms. The Balaban J connectivity index is 2.06. The molecule has 0 aliphatic rings. The Morgan fingerprint density at radius 3 is 2.14 bits per heavy atom. The SMILES string of the molecule is CCC(C(=O)NCC(C)C)N(Cc1ccc(Cl)c(Cl)c1)C(=O)CN(c1ccc(OC)cc1)S(=O)(=O)c1ccc(C)cc1. The Morgan fingerprint density at radius 2 is 1.60 bits per heavy atom. The summed E-state index contributed by atoms with van der Waals surface area (Å²) in [6.07, 6.45) is 0.310. The van der Waals surface area contributed by atoms with Crippen LogP contribution in [0, 0.1) is 12.8 Å². The first-order valence-electron chi connectivity index (χ1n) is 13.6. The van der Waals surface area contributed by atoms with Crippen molar-refractivity contribution in [1.82, 2.24) is 10.2 Å². The summed E-state index contributed by atoms with van der Waals surface area (Å²) in [6, 6.07) is 16.9. The number of halogens is 2. The van der Waals surface area contributed by atoms with Gasteiger partial charge in [0.25, 0.3) is 10.0 Å². The number of ether oxygens (including phenoxy) is 1. The van der Waals surface area contributed by atoms with E-state index in [-0.39, 0.29) is 29.0 Å². The van der Waals surface area contributed by atoms with Gasteiger partial charge in [0, 0.05) is 13.1 Å². The average Bonchev–Trinajstić information content (AvgIpc) is 2.96. The van der Waals surface area contributed by atoms with Crippen LogP contribution < -0.4 is 14.4 Å². The van der Waals surface area contributed by atoms with Gasteiger partial charge in [0.2, 0.25) is 11.8 Å². The summed E-state index contributed by atoms with van der Waals surface area (Å²) in [5, 5.41) is 3.57. The Hall–Kier alpha value is -3.27. The molecule has 0 radical (unpaired) electrons. The normalized spacial score (nSPS) is 12.1. The molecule has 2 amide bonds. The first-order chi connectivity index (χ1) is 19.9. The summed E-state index contributed by atoms with van der Waals surface area (Å²) < 4.78 is 34.2. The molecule has 3 aromatic carbocycles. The minimum atomic E-state index is -4.17. The highest BCUT2D eigenvalue weighted by molar-refractivity contribution is 7.92. The number of nitrogens with zero attached hydrogens (tertiary/aromatic N) is 2. The first-order valence-corrected chi connectivity index (χ1v) is 15.8. The van der Waals surface area contributed by atoms with E-state index in [1.807, 2.05) is 20.8 Å². The summed E-state index contributed by atoms with van der Waals surface area (Å²) in [5.74, 6) is -0.140. The number of amides is 2. The molecule has 0 saturated carbocycles. The number of anilines is 1. The minimum Gasteiger partial charge on any atom is -0.497 e. The topological polar surface area (TPSA) is 96.0 Å². The standard InChI is InChI=1S/C31H37Cl2N3O5S/c1-6-29(31(38)34-18-21(2)3)35(19-23-9-16-27(32)28(33)17-23)30(37)20-36(24-10-12-25(41-5)13-11-24)42(39,40)26-14-7-22(4)8-15-26/h7-17,21,29H,6,18-20H2,1-5H3,(H,34,38). The third-order valence-electron chi connectivity index (χ3n) is 6.66. The minimum absolute atomic E-state index is 0.0182. The second-order valence-electron chi connectivity index (χ2n) is 10.4. The van der Waals surface area contributed by atoms with Gasteiger partial charge in [-0.05, 0) is 73.4 Å². The molecule has 0 spiro atoms. The fourth-order valence-corrected chi connectivity index (χ4v) is 6.03. The quantitative estimate of drug-likeness (QED) is 0.246. The number of aryl methyl sites for hydroxylation is 1. The molecule has 1 N–H and O–H groups in total. The molecule has 0 fully saturated rings. The van der Waals surface area contributed by atoms with E-state index in [0.29, 0.717) is 34.3 Å². The van der Waals surface area contributed by atoms with Crippen molar-refractivity contribution in [2.24, 2.45) is 5.92 Å². The lowest BCUT2D eigenvalue weighted by molar-refractivity contribution is -0.140. The highest BCUT2D eigenvalue weighted by atomic mass is 35.5. The zero-order valence-corrected chi connectivity index (χ0v) is 26.8. The van der Waals surface area contributed by atoms with Crippen LogP contribution in [-0.2, 0) is 26.2 Å². The maximum atomic E-state index is 14.1. The first kappa shape index (κ1) is 33.2. The van der Waals surface area contributed by atoms with E-state index < -0.39 is 28.5 Å². The van der Waals surface area contributed by atoms with Gasteiger partial charge in [-0.2, -0.15) is 0 Å². The van der Waals surface area contributed by atoms with Crippen LogP contribution in [-0.4, -0.2) is 51.4 Å². The lowest BCUT2D eigenvalue weighted by atomic mass is 10.1. The largest absolute Gasteiger partial charge is 0.497 e. The Morgan fingerprint density at radius 1 is 0.952 bits per heavy atom. The Labute approximate surface area is 258 Å². The van der Waals surface area contributed by atoms with Crippen molar-refractivity contribution in [1.29, 1.82) is 0 Å². The molecule has 1 unspecified atom stereocenters. The van der Waals surface area contributed by atoms with Crippen LogP contribution >= 0.6 is 23.2 Å². The molecule has 226 valence electrons. The molecule has 0 heterocycles. The number of sulfonamides is 1. The Bertz CT molecular complexity index is 1480. The van der Waals surface area contributed by atoms with Gasteiger partial charge in [-0.25, -0.2) is 8.42 Å². The summed E-state index contributed by atoms with van der Waals surface area (Å²) >= 11 is 12.4. The van der Waals surface area contributed by atoms with Crippen molar-refractivity contribution < 1.29 is 22.7 Å². The third-order valence-corrected chi connectivity index (χ3v) is 9.18. The third kappa shape index (κ3) is 8.40. The van der Waals surface area contributed by atoms with Gasteiger partial charge < -0.3 is 15.0 Å². The molecule has 8 nitrogen and oxygen atoms in total. The number of methoxy groups -OCH3 is 1. The van der Waals surface area contributed by atoms with Crippen LogP contribution in [0.25, 0.3) is 0 Å². The van der Waals surface area contributed by atoms with Crippen LogP contribution in [0.3, 0.4) is 0 Å². The zero-order valence-electron chi connectivity index (χ0n) is 24.4. The van der Waals surface area contributed by atoms with Crippen LogP contribution in [0.4, 0.5) is 5.69 Å². The smallest absolute Gasteiger partial charge is 0.264 e. The second kappa shape index (κ2) is 14.8. The van der Waals surface area contributed by atoms with Crippen LogP contribution in [0.2, 0.25) is 10.0 Å². The number of carbonyl (C=O) groups is 2. The average molecular weight is 635 g/mol. The Kier molecular flexibility index (Phi) is 11.7. The summed E-state index contributed by atoms with van der Waals surface area (Å²) in [7, 11) is -2.66. The summed E-state index contributed by atoms with van der Waals surface area (Å²) in [6.45, 7) is 7.52. The lowest BCUT2D eigenvalue weighted by Gasteiger charge is -2.33. The molecular weight excluding hydrogens is 597 g/mol. The van der Waals surface area contributed by atoms with Gasteiger partial charge in [0.15, 0.2) is 0 Å². The van der Waals surface area contributed by atoms with Crippen molar-refractivity contribution in [3.63, 3.8) is 0 Å². The van der Waals surface area contributed by atoms with Crippen LogP contribution in [0.1, 0.15) is 38.3 Å². The predicted molar refractivity (Wildman–Crippen MR) is 168 cm³/mol. The molecule has 0 saturated heterocycles. The molecule has 0 aromatic heterocycles. The number of hydrogen-bond donors (Lipinski definition) is 1. The fourth-order valence-electron chi connectivity index (χ4n) is 4.29. The van der Waals surface area contributed by atoms with Crippen LogP contribution in [0.5, 0.6) is 5.75 Å². The molecule has 0 bridgehead atoms. The van der Waals surface area contributed by atoms with Gasteiger partial charge in [-0.15, -0.1) is 0 Å². The van der Waals surface area contributed by atoms with Crippen LogP contribution in [0.15, 0.2) is 71.6 Å². The number of benzene rings is 3. The van der Waals surface area contributed by atoms with E-state index >= 15 is 0 Å². The predicted octanol–water partition coefficient (Wildman–Crippen LogP) is 6.09. The van der Waals surface area contributed by atoms with E-state index in [0.717, 1.165) is 9.87 Å². The van der Waals surface area contributed by atoms with Gasteiger partial charge in [0.05, 0.1) is 27.7 Å². The van der Waals surface area contributed by atoms with Gasteiger partial charge >= 0.3 is 0 Å². The lowest BCUT2D eigenvalue weighted by Crippen LogP contribution is -2.52. The molecule has 0 aliphatic heterocycles. The second-order valence-corrected chi connectivity index (χ2v) is 13.0. The molecular formula is C31H37Cl2N3O5S. The molecule has 3 aromatic rings. The highest BCUT2D eigenvalue weighted by Crippen LogP contribution is 2.28. The van der Waals surface area contributed by atoms with Gasteiger partial charge in [-0.1, -0.05) is 67.7 Å². The number of nitrogens with one attached hydrogen (secondary N) is 1. The van der Waals surface area contributed by atoms with Crippen molar-refractivity contribution in [2.45, 2.75) is 51.6 Å². The molecule has 1 atom stereocenters. The molecule has 11 heteroatoms. The van der Waals surface area contributed by atoms with E-state index in [1.54, 1.807) is 61.5 Å². The van der Waals surface area contributed by atoms with E-state index in [2.05, 4.69) is 5.32 Å². The summed E-state index contributed by atoms with van der Waals surface area (Å²) in [5.41, 5.74) is 1.81. The molecule has 3 rings (SSSR count). The number of hydrogen-bond acceptors (Lipinski definition) is 5. The van der Waals surface area contributed by atoms with Gasteiger partial charge in [0.1, 0.15) is 18.3 Å². The van der Waals surface area contributed by atoms with E-state index in [4.69, 9.17) is 27.9 Å². The van der Waals surface area contributed by atoms with E-state index in [9.17, 15) is 18.0 Å². The van der Waals surface area contributed by atoms with E-state index in [1.165, 1.54) is 24.1 Å². The van der Waals surface area contributed by atoms with Crippen molar-refractivity contribution in [3.05, 3.63) is 87.9 Å². The number of rotatable bonds is 13. The van der Waals surface area contributed by atoms with Crippen molar-refractivity contribution in [3.8, 4) is 5.75 Å². The summed E-state index contributed by atoms with van der Waals surface area (Å²) in [4.78, 5) is 28.9. The molecule has 0 aliphatic carbocycles. The zero-order chi connectivity index (χ0) is 31.0. The van der Waals surface area contributed by atoms with Crippen molar-refractivity contribution in [2.75, 3.05) is 24.5 Å². The van der Waals surface area contributed by atoms with Crippen molar-refractivity contribution >= 4 is 50.7 Å². The monoisotopic (exact) mass is 633 g/mol. The number of carbonyl (C=O) groups excluding carboxylic acids is 2. The fraction of sp³-hybridized carbons (Fsp3) is 0.355. The highest BCUT2D eigenvalue weighted by Gasteiger charge is 2.33.